The summed E-state index contributed by atoms with van der Waals surface area (Å²) in [6, 6.07) is 1.43. The second-order valence-corrected chi connectivity index (χ2v) is 5.70. The molecule has 18 heavy (non-hydrogen) atoms. The highest BCUT2D eigenvalue weighted by Gasteiger charge is 2.24. The number of ether oxygens (including phenoxy) is 1. The van der Waals surface area contributed by atoms with E-state index in [1.165, 1.54) is 38.8 Å². The zero-order chi connectivity index (χ0) is 13.4. The molecule has 0 bridgehead atoms. The first-order valence-electron chi connectivity index (χ1n) is 7.76. The van der Waals surface area contributed by atoms with Gasteiger partial charge in [-0.25, -0.2) is 0 Å². The molecule has 0 aromatic rings. The zero-order valence-electron chi connectivity index (χ0n) is 12.7. The quantitative estimate of drug-likeness (QED) is 0.676. The lowest BCUT2D eigenvalue weighted by atomic mass is 10.0. The number of nitrogens with zero attached hydrogens (tertiary/aromatic N) is 1. The lowest BCUT2D eigenvalue weighted by molar-refractivity contribution is 0.0696. The maximum Gasteiger partial charge on any atom is 0.0518 e. The van der Waals surface area contributed by atoms with E-state index in [2.05, 4.69) is 37.9 Å². The minimum atomic E-state index is 0.372. The molecule has 0 amide bonds. The summed E-state index contributed by atoms with van der Waals surface area (Å²) in [5, 5.41) is 3.65. The predicted molar refractivity (Wildman–Crippen MR) is 78.1 cm³/mol. The van der Waals surface area contributed by atoms with Crippen molar-refractivity contribution in [2.24, 2.45) is 0 Å². The van der Waals surface area contributed by atoms with Crippen molar-refractivity contribution in [3.63, 3.8) is 0 Å². The number of nitrogens with one attached hydrogen (secondary N) is 1. The molecule has 1 heterocycles. The minimum Gasteiger partial charge on any atom is -0.379 e. The molecule has 0 aromatic carbocycles. The van der Waals surface area contributed by atoms with Crippen molar-refractivity contribution in [2.45, 2.75) is 71.6 Å². The molecule has 1 aliphatic heterocycles. The van der Waals surface area contributed by atoms with Gasteiger partial charge in [0, 0.05) is 31.8 Å². The summed E-state index contributed by atoms with van der Waals surface area (Å²) in [6.07, 6.45) is 5.32. The van der Waals surface area contributed by atoms with Crippen molar-refractivity contribution in [3.8, 4) is 0 Å². The van der Waals surface area contributed by atoms with Crippen LogP contribution in [0.3, 0.4) is 0 Å². The lowest BCUT2D eigenvalue weighted by Crippen LogP contribution is -2.56. The molecular formula is C15H32N2O. The van der Waals surface area contributed by atoms with Crippen molar-refractivity contribution >= 4 is 0 Å². The molecule has 108 valence electrons. The maximum atomic E-state index is 5.60. The Morgan fingerprint density at radius 1 is 1.22 bits per heavy atom. The Morgan fingerprint density at radius 2 is 2.00 bits per heavy atom. The fourth-order valence-corrected chi connectivity index (χ4v) is 2.61. The van der Waals surface area contributed by atoms with Gasteiger partial charge in [0.05, 0.1) is 6.10 Å². The van der Waals surface area contributed by atoms with E-state index in [9.17, 15) is 0 Å². The lowest BCUT2D eigenvalue weighted by Gasteiger charge is -2.40. The maximum absolute atomic E-state index is 5.60. The van der Waals surface area contributed by atoms with E-state index in [0.29, 0.717) is 12.1 Å². The first kappa shape index (κ1) is 15.9. The van der Waals surface area contributed by atoms with Crippen LogP contribution in [0.2, 0.25) is 0 Å². The van der Waals surface area contributed by atoms with Crippen molar-refractivity contribution in [2.75, 3.05) is 26.2 Å². The molecule has 1 saturated heterocycles. The summed E-state index contributed by atoms with van der Waals surface area (Å²) in [6.45, 7) is 13.3. The van der Waals surface area contributed by atoms with E-state index < -0.39 is 0 Å². The van der Waals surface area contributed by atoms with Crippen LogP contribution < -0.4 is 5.32 Å². The summed E-state index contributed by atoms with van der Waals surface area (Å²) in [4.78, 5) is 2.68. The van der Waals surface area contributed by atoms with Crippen molar-refractivity contribution in [3.05, 3.63) is 0 Å². The predicted octanol–water partition coefficient (Wildman–Crippen LogP) is 2.65. The second kappa shape index (κ2) is 8.89. The zero-order valence-corrected chi connectivity index (χ0v) is 12.7. The molecule has 0 aromatic heterocycles. The van der Waals surface area contributed by atoms with Gasteiger partial charge in [0.25, 0.3) is 0 Å². The summed E-state index contributed by atoms with van der Waals surface area (Å²) in [7, 11) is 0. The van der Waals surface area contributed by atoms with E-state index in [4.69, 9.17) is 4.74 Å². The van der Waals surface area contributed by atoms with Crippen LogP contribution >= 0.6 is 0 Å². The average molecular weight is 256 g/mol. The fourth-order valence-electron chi connectivity index (χ4n) is 2.61. The van der Waals surface area contributed by atoms with Gasteiger partial charge in [0.2, 0.25) is 0 Å². The highest BCUT2D eigenvalue weighted by atomic mass is 16.5. The summed E-state index contributed by atoms with van der Waals surface area (Å²) in [5.41, 5.74) is 0. The van der Waals surface area contributed by atoms with Gasteiger partial charge < -0.3 is 10.1 Å². The van der Waals surface area contributed by atoms with Crippen LogP contribution in [-0.2, 0) is 4.74 Å². The van der Waals surface area contributed by atoms with Crippen LogP contribution in [0.25, 0.3) is 0 Å². The number of rotatable bonds is 8. The third kappa shape index (κ3) is 5.68. The average Bonchev–Trinajstić information content (AvgIpc) is 2.37. The molecule has 1 N–H and O–H groups in total. The molecule has 0 spiro atoms. The standard InChI is InChI=1S/C15H32N2O/c1-5-14-12-17(15(6-2)11-16-14)9-7-8-10-18-13(3)4/h13-16H,5-12H2,1-4H3. The first-order chi connectivity index (χ1) is 8.67. The molecule has 1 rings (SSSR count). The largest absolute Gasteiger partial charge is 0.379 e. The Labute approximate surface area is 113 Å². The van der Waals surface area contributed by atoms with Gasteiger partial charge in [-0.1, -0.05) is 13.8 Å². The van der Waals surface area contributed by atoms with Gasteiger partial charge in [0.15, 0.2) is 0 Å². The Morgan fingerprint density at radius 3 is 2.61 bits per heavy atom. The van der Waals surface area contributed by atoms with Crippen LogP contribution in [0.15, 0.2) is 0 Å². The van der Waals surface area contributed by atoms with E-state index in [1.807, 2.05) is 0 Å². The molecule has 1 fully saturated rings. The summed E-state index contributed by atoms with van der Waals surface area (Å²) < 4.78 is 5.60. The Balaban J connectivity index is 2.20. The summed E-state index contributed by atoms with van der Waals surface area (Å²) in [5.74, 6) is 0. The number of hydrogen-bond donors (Lipinski definition) is 1. The smallest absolute Gasteiger partial charge is 0.0518 e. The van der Waals surface area contributed by atoms with E-state index in [0.717, 1.165) is 19.2 Å². The molecule has 2 unspecified atom stereocenters. The van der Waals surface area contributed by atoms with E-state index in [-0.39, 0.29) is 0 Å². The van der Waals surface area contributed by atoms with E-state index in [1.54, 1.807) is 0 Å². The number of piperazine rings is 1. The molecule has 0 saturated carbocycles. The molecule has 3 nitrogen and oxygen atoms in total. The second-order valence-electron chi connectivity index (χ2n) is 5.70. The highest BCUT2D eigenvalue weighted by Crippen LogP contribution is 2.13. The van der Waals surface area contributed by atoms with Crippen molar-refractivity contribution in [1.82, 2.24) is 10.2 Å². The van der Waals surface area contributed by atoms with Gasteiger partial charge in [-0.05, 0) is 46.1 Å². The van der Waals surface area contributed by atoms with Gasteiger partial charge >= 0.3 is 0 Å². The van der Waals surface area contributed by atoms with Crippen LogP contribution in [0.4, 0.5) is 0 Å². The normalized spacial score (nSPS) is 25.8. The highest BCUT2D eigenvalue weighted by molar-refractivity contribution is 4.84. The first-order valence-corrected chi connectivity index (χ1v) is 7.76. The molecule has 0 radical (unpaired) electrons. The number of unbranched alkanes of at least 4 members (excludes halogenated alkanes) is 1. The van der Waals surface area contributed by atoms with E-state index >= 15 is 0 Å². The van der Waals surface area contributed by atoms with Crippen LogP contribution in [0, 0.1) is 0 Å². The molecular weight excluding hydrogens is 224 g/mol. The van der Waals surface area contributed by atoms with Crippen molar-refractivity contribution in [1.29, 1.82) is 0 Å². The van der Waals surface area contributed by atoms with Gasteiger partial charge in [0.1, 0.15) is 0 Å². The molecule has 0 aliphatic carbocycles. The third-order valence-corrected chi connectivity index (χ3v) is 3.87. The molecule has 2 atom stereocenters. The Hall–Kier alpha value is -0.120. The van der Waals surface area contributed by atoms with Gasteiger partial charge in [-0.15, -0.1) is 0 Å². The van der Waals surface area contributed by atoms with Gasteiger partial charge in [-0.3, -0.25) is 4.90 Å². The van der Waals surface area contributed by atoms with Crippen LogP contribution in [0.1, 0.15) is 53.4 Å². The van der Waals surface area contributed by atoms with Crippen LogP contribution in [-0.4, -0.2) is 49.3 Å². The molecule has 3 heteroatoms. The van der Waals surface area contributed by atoms with Gasteiger partial charge in [-0.2, -0.15) is 0 Å². The Kier molecular flexibility index (Phi) is 7.87. The third-order valence-electron chi connectivity index (χ3n) is 3.87. The Bertz CT molecular complexity index is 209. The minimum absolute atomic E-state index is 0.372. The molecule has 1 aliphatic rings. The summed E-state index contributed by atoms with van der Waals surface area (Å²) >= 11 is 0. The monoisotopic (exact) mass is 256 g/mol. The fraction of sp³-hybridized carbons (Fsp3) is 1.00. The van der Waals surface area contributed by atoms with Crippen LogP contribution in [0.5, 0.6) is 0 Å². The number of hydrogen-bond acceptors (Lipinski definition) is 3. The SMILES string of the molecule is CCC1CN(CCCCOC(C)C)C(CC)CN1. The topological polar surface area (TPSA) is 24.5 Å². The van der Waals surface area contributed by atoms with Crippen molar-refractivity contribution < 1.29 is 4.74 Å².